The van der Waals surface area contributed by atoms with Crippen LogP contribution in [-0.4, -0.2) is 33.7 Å². The summed E-state index contributed by atoms with van der Waals surface area (Å²) in [6, 6.07) is 3.83. The molecule has 1 aliphatic rings. The van der Waals surface area contributed by atoms with Gasteiger partial charge in [0.1, 0.15) is 10.9 Å². The van der Waals surface area contributed by atoms with E-state index in [1.165, 1.54) is 16.7 Å². The molecule has 20 heavy (non-hydrogen) atoms. The van der Waals surface area contributed by atoms with Gasteiger partial charge in [0.2, 0.25) is 0 Å². The van der Waals surface area contributed by atoms with Gasteiger partial charge in [-0.3, -0.25) is 14.5 Å². The van der Waals surface area contributed by atoms with E-state index >= 15 is 0 Å². The molecule has 1 saturated heterocycles. The first-order valence-corrected chi connectivity index (χ1v) is 8.06. The Bertz CT molecular complexity index is 563. The highest BCUT2D eigenvalue weighted by molar-refractivity contribution is 8.26. The lowest BCUT2D eigenvalue weighted by Gasteiger charge is -2.14. The fraction of sp³-hybridized carbons (Fsp3) is 0.308. The number of esters is 1. The van der Waals surface area contributed by atoms with E-state index in [0.717, 1.165) is 4.88 Å². The molecule has 0 unspecified atom stereocenters. The predicted octanol–water partition coefficient (Wildman–Crippen LogP) is 2.90. The van der Waals surface area contributed by atoms with Gasteiger partial charge in [0, 0.05) is 4.88 Å². The molecule has 0 atom stereocenters. The molecule has 0 N–H and O–H groups in total. The molecule has 1 fully saturated rings. The molecule has 4 nitrogen and oxygen atoms in total. The maximum absolute atomic E-state index is 12.2. The second kappa shape index (κ2) is 6.51. The zero-order chi connectivity index (χ0) is 14.7. The number of thiophene rings is 1. The van der Waals surface area contributed by atoms with Crippen molar-refractivity contribution >= 4 is 57.6 Å². The van der Waals surface area contributed by atoms with Crippen LogP contribution in [0.15, 0.2) is 22.4 Å². The third-order valence-corrected chi connectivity index (χ3v) is 4.54. The molecular weight excluding hydrogens is 314 g/mol. The fourth-order valence-electron chi connectivity index (χ4n) is 1.57. The molecule has 0 bridgehead atoms. The van der Waals surface area contributed by atoms with Gasteiger partial charge in [0.15, 0.2) is 0 Å². The molecule has 106 valence electrons. The van der Waals surface area contributed by atoms with Gasteiger partial charge in [-0.25, -0.2) is 0 Å². The fourth-order valence-corrected chi connectivity index (χ4v) is 3.55. The minimum atomic E-state index is -0.450. The molecule has 1 aliphatic heterocycles. The number of thioether (sulfide) groups is 1. The Kier molecular flexibility index (Phi) is 4.95. The summed E-state index contributed by atoms with van der Waals surface area (Å²) in [5.41, 5.74) is 0. The van der Waals surface area contributed by atoms with Crippen molar-refractivity contribution in [1.82, 2.24) is 4.90 Å². The van der Waals surface area contributed by atoms with E-state index in [0.29, 0.717) is 9.23 Å². The largest absolute Gasteiger partial charge is 0.462 e. The Morgan fingerprint density at radius 2 is 2.30 bits per heavy atom. The second-order valence-corrected chi connectivity index (χ2v) is 6.98. The second-order valence-electron chi connectivity index (χ2n) is 4.32. The summed E-state index contributed by atoms with van der Waals surface area (Å²) >= 11 is 7.90. The lowest BCUT2D eigenvalue weighted by molar-refractivity contribution is -0.149. The van der Waals surface area contributed by atoms with Crippen LogP contribution in [0.25, 0.3) is 6.08 Å². The van der Waals surface area contributed by atoms with Crippen molar-refractivity contribution in [2.45, 2.75) is 20.0 Å². The summed E-state index contributed by atoms with van der Waals surface area (Å²) in [5.74, 6) is -0.692. The van der Waals surface area contributed by atoms with Crippen LogP contribution in [0.3, 0.4) is 0 Å². The Morgan fingerprint density at radius 3 is 2.90 bits per heavy atom. The van der Waals surface area contributed by atoms with Crippen LogP contribution >= 0.6 is 35.3 Å². The van der Waals surface area contributed by atoms with E-state index in [-0.39, 0.29) is 18.6 Å². The van der Waals surface area contributed by atoms with Crippen LogP contribution < -0.4 is 0 Å². The van der Waals surface area contributed by atoms with Crippen molar-refractivity contribution in [3.63, 3.8) is 0 Å². The van der Waals surface area contributed by atoms with E-state index in [2.05, 4.69) is 0 Å². The molecule has 2 heterocycles. The van der Waals surface area contributed by atoms with Crippen molar-refractivity contribution in [3.8, 4) is 0 Å². The van der Waals surface area contributed by atoms with Crippen LogP contribution in [-0.2, 0) is 14.3 Å². The number of ether oxygens (including phenoxy) is 1. The monoisotopic (exact) mass is 327 g/mol. The van der Waals surface area contributed by atoms with Crippen LogP contribution in [0.5, 0.6) is 0 Å². The molecule has 0 radical (unpaired) electrons. The zero-order valence-electron chi connectivity index (χ0n) is 11.0. The van der Waals surface area contributed by atoms with Crippen LogP contribution in [0, 0.1) is 0 Å². The molecule has 1 aromatic heterocycles. The zero-order valence-corrected chi connectivity index (χ0v) is 13.4. The standard InChI is InChI=1S/C13H13NO3S3/c1-8(2)17-11(15)7-14-12(16)10(20-13(14)18)6-9-4-3-5-19-9/h3-6,8H,7H2,1-2H3. The summed E-state index contributed by atoms with van der Waals surface area (Å²) in [5, 5.41) is 1.94. The first kappa shape index (κ1) is 15.2. The van der Waals surface area contributed by atoms with E-state index in [1.807, 2.05) is 17.5 Å². The van der Waals surface area contributed by atoms with Crippen LogP contribution in [0.1, 0.15) is 18.7 Å². The topological polar surface area (TPSA) is 46.6 Å². The number of hydrogen-bond donors (Lipinski definition) is 0. The highest BCUT2D eigenvalue weighted by atomic mass is 32.2. The summed E-state index contributed by atoms with van der Waals surface area (Å²) < 4.78 is 5.42. The molecule has 1 aromatic rings. The predicted molar refractivity (Wildman–Crippen MR) is 85.4 cm³/mol. The Labute approximate surface area is 130 Å². The van der Waals surface area contributed by atoms with Crippen molar-refractivity contribution in [1.29, 1.82) is 0 Å². The quantitative estimate of drug-likeness (QED) is 0.483. The Morgan fingerprint density at radius 1 is 1.55 bits per heavy atom. The molecule has 0 aliphatic carbocycles. The number of hydrogen-bond acceptors (Lipinski definition) is 6. The first-order chi connectivity index (χ1) is 9.47. The minimum absolute atomic E-state index is 0.134. The highest BCUT2D eigenvalue weighted by Crippen LogP contribution is 2.33. The maximum atomic E-state index is 12.2. The van der Waals surface area contributed by atoms with Crippen molar-refractivity contribution < 1.29 is 14.3 Å². The van der Waals surface area contributed by atoms with Crippen LogP contribution in [0.2, 0.25) is 0 Å². The first-order valence-electron chi connectivity index (χ1n) is 5.95. The molecule has 2 rings (SSSR count). The lowest BCUT2D eigenvalue weighted by atomic mass is 10.3. The molecule has 0 aromatic carbocycles. The molecule has 0 spiro atoms. The third-order valence-electron chi connectivity index (χ3n) is 2.34. The number of carbonyl (C=O) groups excluding carboxylic acids is 2. The van der Waals surface area contributed by atoms with Crippen molar-refractivity contribution in [3.05, 3.63) is 27.3 Å². The van der Waals surface area contributed by atoms with Crippen molar-refractivity contribution in [2.75, 3.05) is 6.54 Å². The van der Waals surface area contributed by atoms with Gasteiger partial charge in [-0.2, -0.15) is 0 Å². The number of amides is 1. The molecule has 7 heteroatoms. The summed E-state index contributed by atoms with van der Waals surface area (Å²) in [6.07, 6.45) is 1.58. The SMILES string of the molecule is CC(C)OC(=O)CN1C(=O)C(=Cc2cccs2)SC1=S. The number of carbonyl (C=O) groups is 2. The van der Waals surface area contributed by atoms with Crippen molar-refractivity contribution in [2.24, 2.45) is 0 Å². The smallest absolute Gasteiger partial charge is 0.326 e. The van der Waals surface area contributed by atoms with Gasteiger partial charge in [-0.05, 0) is 31.4 Å². The highest BCUT2D eigenvalue weighted by Gasteiger charge is 2.33. The molecular formula is C13H13NO3S3. The number of thiocarbonyl (C=S) groups is 1. The lowest BCUT2D eigenvalue weighted by Crippen LogP contribution is -2.35. The average Bonchev–Trinajstić information content (AvgIpc) is 2.93. The maximum Gasteiger partial charge on any atom is 0.326 e. The summed E-state index contributed by atoms with van der Waals surface area (Å²) in [7, 11) is 0. The van der Waals surface area contributed by atoms with Gasteiger partial charge in [-0.1, -0.05) is 30.0 Å². The minimum Gasteiger partial charge on any atom is -0.462 e. The van der Waals surface area contributed by atoms with Gasteiger partial charge < -0.3 is 4.74 Å². The summed E-state index contributed by atoms with van der Waals surface area (Å²) in [4.78, 5) is 26.6. The van der Waals surface area contributed by atoms with E-state index in [9.17, 15) is 9.59 Å². The Hall–Kier alpha value is -1.18. The van der Waals surface area contributed by atoms with E-state index in [4.69, 9.17) is 17.0 Å². The third kappa shape index (κ3) is 3.68. The Balaban J connectivity index is 2.07. The average molecular weight is 327 g/mol. The van der Waals surface area contributed by atoms with Gasteiger partial charge in [0.25, 0.3) is 5.91 Å². The number of rotatable bonds is 4. The van der Waals surface area contributed by atoms with E-state index < -0.39 is 5.97 Å². The normalized spacial score (nSPS) is 17.4. The van der Waals surface area contributed by atoms with E-state index in [1.54, 1.807) is 31.3 Å². The van der Waals surface area contributed by atoms with Gasteiger partial charge in [-0.15, -0.1) is 11.3 Å². The molecule has 0 saturated carbocycles. The van der Waals surface area contributed by atoms with Gasteiger partial charge >= 0.3 is 5.97 Å². The summed E-state index contributed by atoms with van der Waals surface area (Å²) in [6.45, 7) is 3.39. The number of nitrogens with zero attached hydrogens (tertiary/aromatic N) is 1. The van der Waals surface area contributed by atoms with Gasteiger partial charge in [0.05, 0.1) is 11.0 Å². The molecule has 1 amide bonds. The van der Waals surface area contributed by atoms with Crippen LogP contribution in [0.4, 0.5) is 0 Å².